The van der Waals surface area contributed by atoms with Crippen molar-refractivity contribution in [3.63, 3.8) is 0 Å². The van der Waals surface area contributed by atoms with Gasteiger partial charge >= 0.3 is 0 Å². The molecule has 2 aromatic carbocycles. The zero-order valence-electron chi connectivity index (χ0n) is 17.2. The van der Waals surface area contributed by atoms with Gasteiger partial charge in [0.05, 0.1) is 0 Å². The molecule has 154 valence electrons. The van der Waals surface area contributed by atoms with Gasteiger partial charge in [0.2, 0.25) is 11.6 Å². The van der Waals surface area contributed by atoms with Gasteiger partial charge in [0, 0.05) is 13.1 Å². The summed E-state index contributed by atoms with van der Waals surface area (Å²) in [7, 11) is 0. The van der Waals surface area contributed by atoms with Crippen LogP contribution in [0.5, 0.6) is 5.75 Å². The third-order valence-corrected chi connectivity index (χ3v) is 5.41. The van der Waals surface area contributed by atoms with Crippen molar-refractivity contribution < 1.29 is 13.6 Å². The first-order chi connectivity index (χ1) is 15.2. The molecule has 31 heavy (non-hydrogen) atoms. The Morgan fingerprint density at radius 3 is 2.65 bits per heavy atom. The Balaban J connectivity index is 1.33. The fourth-order valence-electron chi connectivity index (χ4n) is 3.73. The summed E-state index contributed by atoms with van der Waals surface area (Å²) in [6, 6.07) is 22.0. The van der Waals surface area contributed by atoms with Crippen molar-refractivity contribution in [2.75, 3.05) is 11.4 Å². The molecule has 6 heteroatoms. The second kappa shape index (κ2) is 8.04. The Morgan fingerprint density at radius 2 is 1.84 bits per heavy atom. The van der Waals surface area contributed by atoms with Crippen LogP contribution in [-0.2, 0) is 19.6 Å². The van der Waals surface area contributed by atoms with Crippen LogP contribution in [0.4, 0.5) is 5.88 Å². The number of fused-ring (bicyclic) bond motifs is 1. The minimum Gasteiger partial charge on any atom is -0.486 e. The highest BCUT2D eigenvalue weighted by atomic mass is 16.5. The Kier molecular flexibility index (Phi) is 4.93. The molecule has 6 nitrogen and oxygen atoms in total. The number of nitrogens with zero attached hydrogens (tertiary/aromatic N) is 3. The largest absolute Gasteiger partial charge is 0.486 e. The average molecular weight is 411 g/mol. The molecule has 4 aromatic rings. The van der Waals surface area contributed by atoms with Crippen molar-refractivity contribution in [2.24, 2.45) is 0 Å². The molecule has 0 saturated heterocycles. The summed E-state index contributed by atoms with van der Waals surface area (Å²) < 4.78 is 17.6. The number of nitriles is 1. The van der Waals surface area contributed by atoms with Crippen LogP contribution in [0.15, 0.2) is 69.5 Å². The van der Waals surface area contributed by atoms with E-state index in [4.69, 9.17) is 13.6 Å². The van der Waals surface area contributed by atoms with Crippen LogP contribution in [0.1, 0.15) is 28.1 Å². The van der Waals surface area contributed by atoms with Gasteiger partial charge in [-0.3, -0.25) is 0 Å². The van der Waals surface area contributed by atoms with Crippen molar-refractivity contribution in [2.45, 2.75) is 26.5 Å². The van der Waals surface area contributed by atoms with E-state index in [0.29, 0.717) is 36.4 Å². The van der Waals surface area contributed by atoms with Crippen molar-refractivity contribution in [1.82, 2.24) is 4.98 Å². The monoisotopic (exact) mass is 411 g/mol. The maximum atomic E-state index is 9.59. The number of rotatable bonds is 5. The lowest BCUT2D eigenvalue weighted by Gasteiger charge is -2.28. The number of benzene rings is 2. The molecule has 0 unspecified atom stereocenters. The lowest BCUT2D eigenvalue weighted by Crippen LogP contribution is -2.30. The first kappa shape index (κ1) is 19.0. The lowest BCUT2D eigenvalue weighted by molar-refractivity contribution is 0.271. The van der Waals surface area contributed by atoms with Crippen LogP contribution in [0.3, 0.4) is 0 Å². The zero-order chi connectivity index (χ0) is 21.2. The second-order valence-electron chi connectivity index (χ2n) is 7.59. The van der Waals surface area contributed by atoms with Crippen molar-refractivity contribution >= 4 is 5.88 Å². The van der Waals surface area contributed by atoms with Crippen LogP contribution in [0.2, 0.25) is 0 Å². The molecule has 0 spiro atoms. The number of aromatic nitrogens is 1. The smallest absolute Gasteiger partial charge is 0.266 e. The Labute approximate surface area is 180 Å². The third kappa shape index (κ3) is 3.90. The highest BCUT2D eigenvalue weighted by Gasteiger charge is 2.25. The van der Waals surface area contributed by atoms with Crippen molar-refractivity contribution in [3.05, 3.63) is 88.8 Å². The summed E-state index contributed by atoms with van der Waals surface area (Å²) in [5.41, 5.74) is 4.02. The van der Waals surface area contributed by atoms with E-state index in [-0.39, 0.29) is 5.69 Å². The summed E-state index contributed by atoms with van der Waals surface area (Å²) in [6.45, 7) is 3.79. The highest BCUT2D eigenvalue weighted by molar-refractivity contribution is 5.57. The molecular formula is C25H21N3O3. The number of hydrogen-bond acceptors (Lipinski definition) is 6. The van der Waals surface area contributed by atoms with Crippen molar-refractivity contribution in [1.29, 1.82) is 5.26 Å². The summed E-state index contributed by atoms with van der Waals surface area (Å²) >= 11 is 0. The van der Waals surface area contributed by atoms with E-state index in [0.717, 1.165) is 18.7 Å². The predicted molar refractivity (Wildman–Crippen MR) is 116 cm³/mol. The van der Waals surface area contributed by atoms with Crippen LogP contribution >= 0.6 is 0 Å². The van der Waals surface area contributed by atoms with Crippen LogP contribution in [0, 0.1) is 18.3 Å². The number of aryl methyl sites for hydroxylation is 1. The first-order valence-electron chi connectivity index (χ1n) is 10.2. The molecule has 1 aliphatic heterocycles. The molecule has 0 saturated carbocycles. The maximum Gasteiger partial charge on any atom is 0.266 e. The third-order valence-electron chi connectivity index (χ3n) is 5.41. The molecular weight excluding hydrogens is 390 g/mol. The average Bonchev–Trinajstić information content (AvgIpc) is 3.45. The topological polar surface area (TPSA) is 75.4 Å². The molecule has 0 atom stereocenters. The van der Waals surface area contributed by atoms with E-state index in [1.165, 1.54) is 16.7 Å². The number of oxazole rings is 1. The zero-order valence-corrected chi connectivity index (χ0v) is 17.2. The molecule has 0 N–H and O–H groups in total. The van der Waals surface area contributed by atoms with Crippen LogP contribution in [-0.4, -0.2) is 11.5 Å². The first-order valence-corrected chi connectivity index (χ1v) is 10.2. The van der Waals surface area contributed by atoms with E-state index >= 15 is 0 Å². The highest BCUT2D eigenvalue weighted by Crippen LogP contribution is 2.32. The summed E-state index contributed by atoms with van der Waals surface area (Å²) in [5.74, 6) is 2.69. The van der Waals surface area contributed by atoms with Gasteiger partial charge in [-0.15, -0.1) is 0 Å². The maximum absolute atomic E-state index is 9.59. The van der Waals surface area contributed by atoms with E-state index in [1.807, 2.05) is 43.3 Å². The van der Waals surface area contributed by atoms with Gasteiger partial charge in [-0.25, -0.2) is 0 Å². The molecule has 3 heterocycles. The van der Waals surface area contributed by atoms with Crippen LogP contribution in [0.25, 0.3) is 11.7 Å². The molecule has 0 radical (unpaired) electrons. The number of hydrogen-bond donors (Lipinski definition) is 0. The molecule has 1 aliphatic rings. The van der Waals surface area contributed by atoms with E-state index < -0.39 is 0 Å². The summed E-state index contributed by atoms with van der Waals surface area (Å²) in [6.07, 6.45) is 0.901. The quantitative estimate of drug-likeness (QED) is 0.446. The fraction of sp³-hybridized carbons (Fsp3) is 0.200. The number of anilines is 1. The van der Waals surface area contributed by atoms with Gasteiger partial charge in [0.15, 0.2) is 5.76 Å². The Hall–Kier alpha value is -3.98. The summed E-state index contributed by atoms with van der Waals surface area (Å²) in [4.78, 5) is 6.42. The Morgan fingerprint density at radius 1 is 1.03 bits per heavy atom. The minimum atomic E-state index is 0.267. The number of furan rings is 1. The van der Waals surface area contributed by atoms with E-state index in [2.05, 4.69) is 34.2 Å². The van der Waals surface area contributed by atoms with E-state index in [9.17, 15) is 5.26 Å². The van der Waals surface area contributed by atoms with Crippen LogP contribution < -0.4 is 9.64 Å². The molecule has 2 aromatic heterocycles. The van der Waals surface area contributed by atoms with E-state index in [1.54, 1.807) is 6.07 Å². The standard InChI is InChI=1S/C25H21N3O3/c1-17-6-8-20(9-7-17)29-16-21-10-11-23(30-21)24-27-22(14-26)25(31-24)28-13-12-18-4-2-3-5-19(18)15-28/h2-11H,12-13,15-16H2,1H3. The van der Waals surface area contributed by atoms with Gasteiger partial charge < -0.3 is 18.5 Å². The van der Waals surface area contributed by atoms with Gasteiger partial charge in [-0.1, -0.05) is 42.0 Å². The fourth-order valence-corrected chi connectivity index (χ4v) is 3.73. The predicted octanol–water partition coefficient (Wildman–Crippen LogP) is 5.26. The lowest BCUT2D eigenvalue weighted by atomic mass is 10.00. The molecule has 0 aliphatic carbocycles. The molecule has 0 bridgehead atoms. The number of ether oxygens (including phenoxy) is 1. The van der Waals surface area contributed by atoms with Gasteiger partial charge in [-0.2, -0.15) is 10.2 Å². The van der Waals surface area contributed by atoms with Crippen molar-refractivity contribution in [3.8, 4) is 23.5 Å². The Bertz CT molecular complexity index is 1250. The summed E-state index contributed by atoms with van der Waals surface area (Å²) in [5, 5.41) is 9.59. The van der Waals surface area contributed by atoms with Gasteiger partial charge in [0.1, 0.15) is 24.2 Å². The minimum absolute atomic E-state index is 0.267. The normalized spacial score (nSPS) is 13.0. The SMILES string of the molecule is Cc1ccc(OCc2ccc(-c3nc(C#N)c(N4CCc5ccccc5C4)o3)o2)cc1. The van der Waals surface area contributed by atoms with Gasteiger partial charge in [0.25, 0.3) is 5.89 Å². The second-order valence-corrected chi connectivity index (χ2v) is 7.59. The molecule has 0 fully saturated rings. The molecule has 0 amide bonds. The van der Waals surface area contributed by atoms with Gasteiger partial charge in [-0.05, 0) is 48.7 Å². The molecule has 5 rings (SSSR count).